The van der Waals surface area contributed by atoms with Crippen LogP contribution in [0, 0.1) is 0 Å². The largest absolute Gasteiger partial charge is 0.305 e. The molecular formula is C7H5ClN2O2S. The molecule has 1 aliphatic heterocycles. The summed E-state index contributed by atoms with van der Waals surface area (Å²) in [5.74, 6) is -0.551. The van der Waals surface area contributed by atoms with E-state index in [2.05, 4.69) is 9.35 Å². The highest BCUT2D eigenvalue weighted by Gasteiger charge is 2.27. The molecule has 2 rings (SSSR count). The van der Waals surface area contributed by atoms with Crippen LogP contribution in [-0.2, 0) is 9.73 Å². The lowest BCUT2D eigenvalue weighted by atomic mass is 10.3. The zero-order valence-electron chi connectivity index (χ0n) is 6.65. The minimum Gasteiger partial charge on any atom is -0.264 e. The predicted molar refractivity (Wildman–Crippen MR) is 48.3 cm³/mol. The van der Waals surface area contributed by atoms with Crippen molar-refractivity contribution in [1.29, 1.82) is 0 Å². The highest BCUT2D eigenvalue weighted by molar-refractivity contribution is 7.93. The fourth-order valence-electron chi connectivity index (χ4n) is 1.13. The summed E-state index contributed by atoms with van der Waals surface area (Å²) in [6, 6.07) is 3.03. The molecule has 1 atom stereocenters. The van der Waals surface area contributed by atoms with Gasteiger partial charge in [0.25, 0.3) is 0 Å². The van der Waals surface area contributed by atoms with E-state index in [1.165, 1.54) is 18.4 Å². The van der Waals surface area contributed by atoms with E-state index in [0.717, 1.165) is 0 Å². The summed E-state index contributed by atoms with van der Waals surface area (Å²) in [7, 11) is -2.57. The van der Waals surface area contributed by atoms with Gasteiger partial charge in [0.15, 0.2) is 0 Å². The standard InChI is InChI=1S/C7H5ClN2O2S/c1-13(12)4-2-3-5(8)9-6(4)7(11)10-13/h2-3H,1H3. The van der Waals surface area contributed by atoms with E-state index < -0.39 is 15.6 Å². The topological polar surface area (TPSA) is 59.4 Å². The van der Waals surface area contributed by atoms with Crippen LogP contribution < -0.4 is 0 Å². The second-order valence-electron chi connectivity index (χ2n) is 2.68. The first-order valence-corrected chi connectivity index (χ1v) is 5.74. The fraction of sp³-hybridized carbons (Fsp3) is 0.143. The van der Waals surface area contributed by atoms with Crippen LogP contribution in [0.3, 0.4) is 0 Å². The van der Waals surface area contributed by atoms with Crippen molar-refractivity contribution in [2.75, 3.05) is 6.26 Å². The number of carbonyl (C=O) groups is 1. The molecule has 1 unspecified atom stereocenters. The van der Waals surface area contributed by atoms with E-state index in [0.29, 0.717) is 4.90 Å². The fourth-order valence-corrected chi connectivity index (χ4v) is 2.59. The lowest BCUT2D eigenvalue weighted by Crippen LogP contribution is -1.97. The molecule has 0 saturated heterocycles. The first kappa shape index (κ1) is 8.65. The lowest BCUT2D eigenvalue weighted by molar-refractivity contribution is 0.100. The molecule has 0 radical (unpaired) electrons. The van der Waals surface area contributed by atoms with E-state index >= 15 is 0 Å². The van der Waals surface area contributed by atoms with Gasteiger partial charge in [0.1, 0.15) is 10.8 Å². The molecule has 0 N–H and O–H groups in total. The summed E-state index contributed by atoms with van der Waals surface area (Å²) in [6.45, 7) is 0. The molecule has 0 spiro atoms. The van der Waals surface area contributed by atoms with Gasteiger partial charge in [-0.05, 0) is 12.1 Å². The number of fused-ring (bicyclic) bond motifs is 1. The van der Waals surface area contributed by atoms with Crippen molar-refractivity contribution in [2.24, 2.45) is 4.36 Å². The maximum absolute atomic E-state index is 11.7. The number of amides is 1. The van der Waals surface area contributed by atoms with Gasteiger partial charge < -0.3 is 0 Å². The maximum atomic E-state index is 11.7. The third-order valence-electron chi connectivity index (χ3n) is 1.69. The normalized spacial score (nSPS) is 25.5. The van der Waals surface area contributed by atoms with E-state index in [-0.39, 0.29) is 10.8 Å². The number of aromatic nitrogens is 1. The Balaban J connectivity index is 2.83. The number of pyridine rings is 1. The van der Waals surface area contributed by atoms with Gasteiger partial charge in [0, 0.05) is 6.26 Å². The molecule has 1 aromatic rings. The number of halogens is 1. The molecule has 13 heavy (non-hydrogen) atoms. The minimum atomic E-state index is -2.57. The molecule has 1 aromatic heterocycles. The Kier molecular flexibility index (Phi) is 1.68. The number of nitrogens with zero attached hydrogens (tertiary/aromatic N) is 2. The van der Waals surface area contributed by atoms with E-state index in [4.69, 9.17) is 11.6 Å². The first-order valence-electron chi connectivity index (χ1n) is 3.44. The second-order valence-corrected chi connectivity index (χ2v) is 5.29. The van der Waals surface area contributed by atoms with Gasteiger partial charge >= 0.3 is 5.91 Å². The molecule has 1 amide bonds. The number of rotatable bonds is 0. The summed E-state index contributed by atoms with van der Waals surface area (Å²) >= 11 is 5.58. The molecular weight excluding hydrogens is 212 g/mol. The monoisotopic (exact) mass is 216 g/mol. The van der Waals surface area contributed by atoms with Crippen LogP contribution in [0.2, 0.25) is 5.15 Å². The summed E-state index contributed by atoms with van der Waals surface area (Å²) in [6.07, 6.45) is 1.41. The Morgan fingerprint density at radius 3 is 2.85 bits per heavy atom. The van der Waals surface area contributed by atoms with Crippen molar-refractivity contribution in [3.8, 4) is 0 Å². The summed E-state index contributed by atoms with van der Waals surface area (Å²) in [4.78, 5) is 15.3. The van der Waals surface area contributed by atoms with Crippen LogP contribution in [0.4, 0.5) is 0 Å². The van der Waals surface area contributed by atoms with Crippen LogP contribution in [0.25, 0.3) is 0 Å². The molecule has 0 fully saturated rings. The predicted octanol–water partition coefficient (Wildman–Crippen LogP) is 1.35. The van der Waals surface area contributed by atoms with Gasteiger partial charge in [-0.1, -0.05) is 11.6 Å². The van der Waals surface area contributed by atoms with E-state index in [1.54, 1.807) is 0 Å². The Bertz CT molecular complexity index is 517. The average molecular weight is 217 g/mol. The van der Waals surface area contributed by atoms with Gasteiger partial charge in [0.05, 0.1) is 14.6 Å². The zero-order valence-corrected chi connectivity index (χ0v) is 8.22. The molecule has 4 nitrogen and oxygen atoms in total. The Morgan fingerprint density at radius 2 is 2.15 bits per heavy atom. The summed E-state index contributed by atoms with van der Waals surface area (Å²) in [5.41, 5.74) is 0.111. The molecule has 1 aliphatic rings. The minimum absolute atomic E-state index is 0.111. The smallest absolute Gasteiger partial charge is 0.264 e. The molecule has 0 saturated carbocycles. The van der Waals surface area contributed by atoms with Gasteiger partial charge in [-0.2, -0.15) is 4.36 Å². The zero-order chi connectivity index (χ0) is 9.64. The van der Waals surface area contributed by atoms with Gasteiger partial charge in [-0.15, -0.1) is 0 Å². The quantitative estimate of drug-likeness (QED) is 0.615. The van der Waals surface area contributed by atoms with Crippen molar-refractivity contribution in [3.63, 3.8) is 0 Å². The molecule has 68 valence electrons. The highest BCUT2D eigenvalue weighted by Crippen LogP contribution is 2.25. The third-order valence-corrected chi connectivity index (χ3v) is 3.56. The maximum Gasteiger partial charge on any atom is 0.305 e. The number of hydrogen-bond acceptors (Lipinski definition) is 3. The van der Waals surface area contributed by atoms with Crippen molar-refractivity contribution in [3.05, 3.63) is 23.0 Å². The summed E-state index contributed by atoms with van der Waals surface area (Å²) < 4.78 is 15.2. The molecule has 0 aliphatic carbocycles. The van der Waals surface area contributed by atoms with Crippen molar-refractivity contribution >= 4 is 27.2 Å². The average Bonchev–Trinajstić information content (AvgIpc) is 2.22. The first-order chi connectivity index (χ1) is 6.00. The van der Waals surface area contributed by atoms with Gasteiger partial charge in [-0.3, -0.25) is 4.79 Å². The molecule has 6 heteroatoms. The van der Waals surface area contributed by atoms with E-state index in [9.17, 15) is 9.00 Å². The van der Waals surface area contributed by atoms with Crippen LogP contribution >= 0.6 is 11.6 Å². The lowest BCUT2D eigenvalue weighted by Gasteiger charge is -1.97. The second kappa shape index (κ2) is 2.52. The molecule has 0 bridgehead atoms. The third kappa shape index (κ3) is 1.24. The Labute approximate surface area is 80.1 Å². The SMILES string of the molecule is CS1(=O)=NC(=O)c2nc(Cl)ccc21. The number of carbonyl (C=O) groups excluding carboxylic acids is 1. The van der Waals surface area contributed by atoms with Crippen molar-refractivity contribution in [2.45, 2.75) is 4.90 Å². The molecule has 0 aromatic carbocycles. The highest BCUT2D eigenvalue weighted by atomic mass is 35.5. The van der Waals surface area contributed by atoms with Crippen LogP contribution in [0.15, 0.2) is 21.4 Å². The van der Waals surface area contributed by atoms with Crippen LogP contribution in [0.1, 0.15) is 10.5 Å². The summed E-state index contributed by atoms with van der Waals surface area (Å²) in [5, 5.41) is 0.208. The van der Waals surface area contributed by atoms with Crippen molar-refractivity contribution in [1.82, 2.24) is 4.98 Å². The number of hydrogen-bond donors (Lipinski definition) is 0. The van der Waals surface area contributed by atoms with E-state index in [1.807, 2.05) is 0 Å². The van der Waals surface area contributed by atoms with Crippen LogP contribution in [0.5, 0.6) is 0 Å². The Hall–Kier alpha value is -0.940. The Morgan fingerprint density at radius 1 is 1.46 bits per heavy atom. The van der Waals surface area contributed by atoms with Gasteiger partial charge in [-0.25, -0.2) is 9.19 Å². The van der Waals surface area contributed by atoms with Crippen LogP contribution in [-0.4, -0.2) is 21.4 Å². The van der Waals surface area contributed by atoms with Gasteiger partial charge in [0.2, 0.25) is 0 Å². The van der Waals surface area contributed by atoms with Crippen molar-refractivity contribution < 1.29 is 9.00 Å². The molecule has 2 heterocycles.